The van der Waals surface area contributed by atoms with E-state index in [0.717, 1.165) is 0 Å². The molecule has 1 rings (SSSR count). The van der Waals surface area contributed by atoms with E-state index >= 15 is 0 Å². The summed E-state index contributed by atoms with van der Waals surface area (Å²) < 4.78 is 10.5. The molecular weight excluding hydrogens is 308 g/mol. The Kier molecular flexibility index (Phi) is 5.64. The van der Waals surface area contributed by atoms with Crippen molar-refractivity contribution < 1.29 is 19.1 Å². The lowest BCUT2D eigenvalue weighted by Gasteiger charge is -2.04. The van der Waals surface area contributed by atoms with Crippen molar-refractivity contribution in [2.75, 3.05) is 13.2 Å². The Labute approximate surface area is 112 Å². The average molecular weight is 321 g/mol. The van der Waals surface area contributed by atoms with Gasteiger partial charge in [0.05, 0.1) is 29.0 Å². The minimum absolute atomic E-state index is 0.0874. The highest BCUT2D eigenvalue weighted by molar-refractivity contribution is 9.11. The van der Waals surface area contributed by atoms with Crippen LogP contribution in [0.1, 0.15) is 29.8 Å². The van der Waals surface area contributed by atoms with E-state index in [-0.39, 0.29) is 12.4 Å². The lowest BCUT2D eigenvalue weighted by molar-refractivity contribution is -0.142. The fourth-order valence-corrected chi connectivity index (χ4v) is 2.76. The van der Waals surface area contributed by atoms with E-state index in [0.29, 0.717) is 28.1 Å². The Hall–Kier alpha value is -0.880. The molecule has 0 unspecified atom stereocenters. The molecule has 0 saturated heterocycles. The number of hydrogen-bond donors (Lipinski definition) is 0. The third kappa shape index (κ3) is 3.81. The third-order valence-corrected chi connectivity index (χ3v) is 3.71. The molecule has 0 spiro atoms. The summed E-state index contributed by atoms with van der Waals surface area (Å²) in [5, 5.41) is 1.76. The predicted octanol–water partition coefficient (Wildman–Crippen LogP) is 2.79. The largest absolute Gasteiger partial charge is 0.466 e. The third-order valence-electron chi connectivity index (χ3n) is 1.94. The van der Waals surface area contributed by atoms with Crippen molar-refractivity contribution in [3.05, 3.63) is 20.3 Å². The highest BCUT2D eigenvalue weighted by Crippen LogP contribution is 2.29. The van der Waals surface area contributed by atoms with Crippen molar-refractivity contribution in [3.8, 4) is 0 Å². The van der Waals surface area contributed by atoms with Gasteiger partial charge in [-0.05, 0) is 40.7 Å². The van der Waals surface area contributed by atoms with Crippen LogP contribution in [0, 0.1) is 0 Å². The Morgan fingerprint density at radius 1 is 1.29 bits per heavy atom. The van der Waals surface area contributed by atoms with Crippen LogP contribution < -0.4 is 0 Å². The molecule has 0 atom stereocenters. The number of hydrogen-bond acceptors (Lipinski definition) is 5. The molecule has 17 heavy (non-hydrogen) atoms. The van der Waals surface area contributed by atoms with Gasteiger partial charge in [-0.1, -0.05) is 0 Å². The normalized spacial score (nSPS) is 10.1. The van der Waals surface area contributed by atoms with Gasteiger partial charge in [0.15, 0.2) is 0 Å². The highest BCUT2D eigenvalue weighted by atomic mass is 79.9. The van der Waals surface area contributed by atoms with Crippen molar-refractivity contribution >= 4 is 39.2 Å². The molecule has 0 bridgehead atoms. The van der Waals surface area contributed by atoms with Gasteiger partial charge in [-0.15, -0.1) is 11.3 Å². The molecule has 0 N–H and O–H groups in total. The fourth-order valence-electron chi connectivity index (χ4n) is 1.28. The van der Waals surface area contributed by atoms with Gasteiger partial charge >= 0.3 is 11.9 Å². The lowest BCUT2D eigenvalue weighted by atomic mass is 10.1. The monoisotopic (exact) mass is 320 g/mol. The van der Waals surface area contributed by atoms with Crippen LogP contribution >= 0.6 is 27.3 Å². The van der Waals surface area contributed by atoms with Crippen molar-refractivity contribution in [1.29, 1.82) is 0 Å². The topological polar surface area (TPSA) is 52.6 Å². The Balaban J connectivity index is 2.86. The van der Waals surface area contributed by atoms with E-state index in [2.05, 4.69) is 15.9 Å². The summed E-state index contributed by atoms with van der Waals surface area (Å²) in [5.41, 5.74) is 1.06. The van der Waals surface area contributed by atoms with Gasteiger partial charge in [0, 0.05) is 0 Å². The zero-order valence-corrected chi connectivity index (χ0v) is 12.0. The Morgan fingerprint density at radius 2 is 1.94 bits per heavy atom. The molecular formula is C11H13BrO4S. The number of carbonyl (C=O) groups is 2. The van der Waals surface area contributed by atoms with E-state index in [4.69, 9.17) is 9.47 Å². The molecule has 1 heterocycles. The molecule has 1 aromatic rings. The summed E-state index contributed by atoms with van der Waals surface area (Å²) in [5.74, 6) is -0.761. The molecule has 0 fully saturated rings. The first kappa shape index (κ1) is 14.2. The van der Waals surface area contributed by atoms with Gasteiger partial charge in [0.2, 0.25) is 0 Å². The molecule has 0 amide bonds. The second-order valence-electron chi connectivity index (χ2n) is 3.11. The zero-order chi connectivity index (χ0) is 12.8. The zero-order valence-electron chi connectivity index (χ0n) is 9.62. The van der Waals surface area contributed by atoms with Crippen molar-refractivity contribution in [1.82, 2.24) is 0 Å². The van der Waals surface area contributed by atoms with E-state index in [1.807, 2.05) is 0 Å². The minimum Gasteiger partial charge on any atom is -0.466 e. The molecule has 4 nitrogen and oxygen atoms in total. The summed E-state index contributed by atoms with van der Waals surface area (Å²) >= 11 is 4.64. The van der Waals surface area contributed by atoms with E-state index in [9.17, 15) is 9.59 Å². The van der Waals surface area contributed by atoms with Gasteiger partial charge in [-0.25, -0.2) is 4.79 Å². The number of carbonyl (C=O) groups excluding carboxylic acids is 2. The molecule has 94 valence electrons. The molecule has 0 aliphatic rings. The first-order valence-electron chi connectivity index (χ1n) is 5.18. The second-order valence-corrected chi connectivity index (χ2v) is 5.31. The molecule has 6 heteroatoms. The molecule has 0 saturated carbocycles. The van der Waals surface area contributed by atoms with Crippen LogP contribution in [0.15, 0.2) is 9.17 Å². The highest BCUT2D eigenvalue weighted by Gasteiger charge is 2.20. The first-order chi connectivity index (χ1) is 8.10. The summed E-state index contributed by atoms with van der Waals surface area (Å²) in [7, 11) is 0. The average Bonchev–Trinajstić information content (AvgIpc) is 2.60. The van der Waals surface area contributed by atoms with Crippen molar-refractivity contribution in [2.24, 2.45) is 0 Å². The van der Waals surface area contributed by atoms with Gasteiger partial charge in [0.25, 0.3) is 0 Å². The number of halogens is 1. The van der Waals surface area contributed by atoms with Crippen LogP contribution in [0.2, 0.25) is 0 Å². The summed E-state index contributed by atoms with van der Waals surface area (Å²) in [6.07, 6.45) is 0.0874. The van der Waals surface area contributed by atoms with Crippen LogP contribution in [0.5, 0.6) is 0 Å². The number of thiophene rings is 1. The maximum atomic E-state index is 11.7. The SMILES string of the molecule is CCOC(=O)Cc1csc(Br)c1C(=O)OCC. The van der Waals surface area contributed by atoms with E-state index < -0.39 is 5.97 Å². The van der Waals surface area contributed by atoms with Crippen molar-refractivity contribution in [3.63, 3.8) is 0 Å². The lowest BCUT2D eigenvalue weighted by Crippen LogP contribution is -2.12. The Morgan fingerprint density at radius 3 is 2.53 bits per heavy atom. The van der Waals surface area contributed by atoms with E-state index in [1.54, 1.807) is 19.2 Å². The van der Waals surface area contributed by atoms with Gasteiger partial charge in [0.1, 0.15) is 0 Å². The van der Waals surface area contributed by atoms with Crippen molar-refractivity contribution in [2.45, 2.75) is 20.3 Å². The number of esters is 2. The molecule has 0 aliphatic carbocycles. The number of ether oxygens (including phenoxy) is 2. The molecule has 0 aromatic carbocycles. The summed E-state index contributed by atoms with van der Waals surface area (Å²) in [6.45, 7) is 4.12. The minimum atomic E-state index is -0.417. The quantitative estimate of drug-likeness (QED) is 0.783. The van der Waals surface area contributed by atoms with Crippen LogP contribution in [-0.2, 0) is 20.7 Å². The van der Waals surface area contributed by atoms with Crippen LogP contribution in [0.25, 0.3) is 0 Å². The fraction of sp³-hybridized carbons (Fsp3) is 0.455. The van der Waals surface area contributed by atoms with Gasteiger partial charge < -0.3 is 9.47 Å². The van der Waals surface area contributed by atoms with Gasteiger partial charge in [-0.2, -0.15) is 0 Å². The smallest absolute Gasteiger partial charge is 0.340 e. The molecule has 0 aliphatic heterocycles. The van der Waals surface area contributed by atoms with Crippen LogP contribution in [-0.4, -0.2) is 25.2 Å². The summed E-state index contributed by atoms with van der Waals surface area (Å²) in [4.78, 5) is 23.1. The maximum Gasteiger partial charge on any atom is 0.340 e. The van der Waals surface area contributed by atoms with Crippen LogP contribution in [0.3, 0.4) is 0 Å². The summed E-state index contributed by atoms with van der Waals surface area (Å²) in [6, 6.07) is 0. The Bertz CT molecular complexity index is 414. The maximum absolute atomic E-state index is 11.7. The number of rotatable bonds is 5. The standard InChI is InChI=1S/C11H13BrO4S/c1-3-15-8(13)5-7-6-17-10(12)9(7)11(14)16-4-2/h6H,3-5H2,1-2H3. The molecule has 0 radical (unpaired) electrons. The van der Waals surface area contributed by atoms with E-state index in [1.165, 1.54) is 11.3 Å². The van der Waals surface area contributed by atoms with Crippen LogP contribution in [0.4, 0.5) is 0 Å². The second kappa shape index (κ2) is 6.76. The predicted molar refractivity (Wildman–Crippen MR) is 68.3 cm³/mol. The van der Waals surface area contributed by atoms with Gasteiger partial charge in [-0.3, -0.25) is 4.79 Å². The molecule has 1 aromatic heterocycles. The first-order valence-corrected chi connectivity index (χ1v) is 6.86.